The van der Waals surface area contributed by atoms with Crippen molar-refractivity contribution in [3.63, 3.8) is 0 Å². The van der Waals surface area contributed by atoms with Gasteiger partial charge < -0.3 is 5.11 Å². The van der Waals surface area contributed by atoms with Crippen LogP contribution >= 0.6 is 0 Å². The zero-order valence-electron chi connectivity index (χ0n) is 6.92. The van der Waals surface area contributed by atoms with Crippen molar-refractivity contribution in [1.29, 1.82) is 0 Å². The predicted octanol–water partition coefficient (Wildman–Crippen LogP) is 2.28. The molecule has 1 radical (unpaired) electrons. The van der Waals surface area contributed by atoms with Crippen molar-refractivity contribution in [3.8, 4) is 0 Å². The van der Waals surface area contributed by atoms with Crippen molar-refractivity contribution in [3.05, 3.63) is 24.3 Å². The summed E-state index contributed by atoms with van der Waals surface area (Å²) >= 11 is 0. The number of hydrogen-bond acceptors (Lipinski definition) is 1. The van der Waals surface area contributed by atoms with E-state index in [1.807, 2.05) is 0 Å². The monoisotopic (exact) mass is 333 g/mol. The molecule has 0 amide bonds. The summed E-state index contributed by atoms with van der Waals surface area (Å²) in [5.74, 6) is 0. The van der Waals surface area contributed by atoms with E-state index in [9.17, 15) is 0 Å². The van der Waals surface area contributed by atoms with Gasteiger partial charge in [0.25, 0.3) is 0 Å². The molecular formula is C9H16IrO. The first-order chi connectivity index (χ1) is 5.00. The van der Waals surface area contributed by atoms with Gasteiger partial charge in [0.2, 0.25) is 0 Å². The van der Waals surface area contributed by atoms with E-state index < -0.39 is 0 Å². The molecule has 1 rings (SSSR count). The zero-order valence-corrected chi connectivity index (χ0v) is 9.31. The molecule has 0 unspecified atom stereocenters. The minimum Gasteiger partial charge on any atom is -0.400 e. The Hall–Kier alpha value is 0.0894. The summed E-state index contributed by atoms with van der Waals surface area (Å²) in [4.78, 5) is 0. The molecule has 0 aromatic carbocycles. The molecule has 1 N–H and O–H groups in total. The Labute approximate surface area is 82.6 Å². The SMILES string of the molecule is C1=CCC/C=C\CC1.CO.[Ir]. The second-order valence-electron chi connectivity index (χ2n) is 2.10. The van der Waals surface area contributed by atoms with Crippen molar-refractivity contribution in [2.24, 2.45) is 0 Å². The van der Waals surface area contributed by atoms with Crippen LogP contribution in [0.1, 0.15) is 25.7 Å². The van der Waals surface area contributed by atoms with Crippen LogP contribution in [0.2, 0.25) is 0 Å². The molecule has 0 bridgehead atoms. The smallest absolute Gasteiger partial charge is 0.0319 e. The quantitative estimate of drug-likeness (QED) is 0.675. The Morgan fingerprint density at radius 1 is 0.727 bits per heavy atom. The molecule has 1 nitrogen and oxygen atoms in total. The van der Waals surface area contributed by atoms with Gasteiger partial charge in [-0.25, -0.2) is 0 Å². The summed E-state index contributed by atoms with van der Waals surface area (Å²) in [6.07, 6.45) is 14.0. The first-order valence-electron chi connectivity index (χ1n) is 3.75. The van der Waals surface area contributed by atoms with Crippen LogP contribution in [0.3, 0.4) is 0 Å². The normalized spacial score (nSPS) is 18.0. The summed E-state index contributed by atoms with van der Waals surface area (Å²) in [7, 11) is 1.00. The fourth-order valence-electron chi connectivity index (χ4n) is 0.856. The molecule has 0 aromatic heterocycles. The van der Waals surface area contributed by atoms with Crippen LogP contribution < -0.4 is 0 Å². The Bertz CT molecular complexity index is 82.1. The van der Waals surface area contributed by atoms with Gasteiger partial charge in [-0.15, -0.1) is 0 Å². The van der Waals surface area contributed by atoms with Gasteiger partial charge in [-0.05, 0) is 25.7 Å². The van der Waals surface area contributed by atoms with Crippen molar-refractivity contribution in [2.75, 3.05) is 7.11 Å². The van der Waals surface area contributed by atoms with E-state index in [0.29, 0.717) is 0 Å². The van der Waals surface area contributed by atoms with Crippen LogP contribution in [0.4, 0.5) is 0 Å². The topological polar surface area (TPSA) is 20.2 Å². The minimum atomic E-state index is 0. The molecule has 0 saturated heterocycles. The predicted molar refractivity (Wildman–Crippen MR) is 44.9 cm³/mol. The molecule has 2 heteroatoms. The Balaban J connectivity index is 0. The standard InChI is InChI=1S/C8H12.CH4O.Ir/c1-2-4-6-8-7-5-3-1;1-2;/h1-2,7-8H,3-6H2;2H,1H3;/b2-1-,8-7?;;. The molecule has 0 aromatic rings. The summed E-state index contributed by atoms with van der Waals surface area (Å²) in [5, 5.41) is 7.00. The van der Waals surface area contributed by atoms with Crippen molar-refractivity contribution in [2.45, 2.75) is 25.7 Å². The average molecular weight is 332 g/mol. The van der Waals surface area contributed by atoms with Gasteiger partial charge >= 0.3 is 0 Å². The third-order valence-corrected chi connectivity index (χ3v) is 1.33. The Morgan fingerprint density at radius 2 is 0.909 bits per heavy atom. The molecule has 1 aliphatic carbocycles. The van der Waals surface area contributed by atoms with E-state index in [2.05, 4.69) is 24.3 Å². The molecule has 1 aliphatic rings. The number of hydrogen-bond donors (Lipinski definition) is 1. The second-order valence-corrected chi connectivity index (χ2v) is 2.10. The zero-order chi connectivity index (χ0) is 7.66. The molecule has 67 valence electrons. The van der Waals surface area contributed by atoms with Crippen molar-refractivity contribution < 1.29 is 25.2 Å². The minimum absolute atomic E-state index is 0. The van der Waals surface area contributed by atoms with Gasteiger partial charge in [-0.2, -0.15) is 0 Å². The van der Waals surface area contributed by atoms with Crippen LogP contribution in [0, 0.1) is 0 Å². The van der Waals surface area contributed by atoms with Crippen LogP contribution in [-0.2, 0) is 20.1 Å². The number of rotatable bonds is 0. The summed E-state index contributed by atoms with van der Waals surface area (Å²) < 4.78 is 0. The molecule has 11 heavy (non-hydrogen) atoms. The van der Waals surface area contributed by atoms with Gasteiger partial charge in [-0.1, -0.05) is 24.3 Å². The first kappa shape index (κ1) is 13.7. The van der Waals surface area contributed by atoms with Crippen molar-refractivity contribution in [1.82, 2.24) is 0 Å². The van der Waals surface area contributed by atoms with Crippen molar-refractivity contribution >= 4 is 0 Å². The molecule has 0 atom stereocenters. The van der Waals surface area contributed by atoms with Gasteiger partial charge in [0.15, 0.2) is 0 Å². The number of aliphatic hydroxyl groups is 1. The second kappa shape index (κ2) is 12.7. The fraction of sp³-hybridized carbons (Fsp3) is 0.556. The van der Waals surface area contributed by atoms with Gasteiger partial charge in [0.1, 0.15) is 0 Å². The fourth-order valence-corrected chi connectivity index (χ4v) is 0.856. The Kier molecular flexibility index (Phi) is 15.8. The van der Waals surface area contributed by atoms with Gasteiger partial charge in [0.05, 0.1) is 0 Å². The van der Waals surface area contributed by atoms with E-state index in [1.165, 1.54) is 25.7 Å². The molecule has 0 spiro atoms. The maximum atomic E-state index is 7.00. The van der Waals surface area contributed by atoms with E-state index >= 15 is 0 Å². The molecule has 0 heterocycles. The van der Waals surface area contributed by atoms with Crippen LogP contribution in [0.25, 0.3) is 0 Å². The summed E-state index contributed by atoms with van der Waals surface area (Å²) in [5.41, 5.74) is 0. The maximum absolute atomic E-state index is 7.00. The molecular weight excluding hydrogens is 316 g/mol. The van der Waals surface area contributed by atoms with E-state index in [-0.39, 0.29) is 20.1 Å². The first-order valence-corrected chi connectivity index (χ1v) is 3.75. The third-order valence-electron chi connectivity index (χ3n) is 1.33. The third kappa shape index (κ3) is 10.1. The van der Waals surface area contributed by atoms with E-state index in [0.717, 1.165) is 7.11 Å². The largest absolute Gasteiger partial charge is 0.400 e. The van der Waals surface area contributed by atoms with Crippen LogP contribution in [0.5, 0.6) is 0 Å². The molecule has 0 fully saturated rings. The number of allylic oxidation sites excluding steroid dienone is 4. The number of aliphatic hydroxyl groups excluding tert-OH is 1. The van der Waals surface area contributed by atoms with Gasteiger partial charge in [0, 0.05) is 27.2 Å². The summed E-state index contributed by atoms with van der Waals surface area (Å²) in [6, 6.07) is 0. The average Bonchev–Trinajstić information content (AvgIpc) is 1.90. The van der Waals surface area contributed by atoms with Gasteiger partial charge in [-0.3, -0.25) is 0 Å². The van der Waals surface area contributed by atoms with E-state index in [1.54, 1.807) is 0 Å². The summed E-state index contributed by atoms with van der Waals surface area (Å²) in [6.45, 7) is 0. The molecule has 0 saturated carbocycles. The van der Waals surface area contributed by atoms with Crippen LogP contribution in [0.15, 0.2) is 24.3 Å². The van der Waals surface area contributed by atoms with Crippen LogP contribution in [-0.4, -0.2) is 12.2 Å². The van der Waals surface area contributed by atoms with E-state index in [4.69, 9.17) is 5.11 Å². The molecule has 0 aliphatic heterocycles. The Morgan fingerprint density at radius 3 is 1.09 bits per heavy atom. The maximum Gasteiger partial charge on any atom is 0.0319 e.